The number of rotatable bonds is 7. The Hall–Kier alpha value is -0.390. The minimum atomic E-state index is 0.898. The van der Waals surface area contributed by atoms with Crippen LogP contribution in [0, 0.1) is 11.2 Å². The molecule has 0 unspecified atom stereocenters. The molecule has 0 N–H and O–H groups in total. The van der Waals surface area contributed by atoms with Gasteiger partial charge in [0.25, 0.3) is 0 Å². The molecule has 0 bridgehead atoms. The lowest BCUT2D eigenvalue weighted by atomic mass is 10.3. The van der Waals surface area contributed by atoms with Gasteiger partial charge in [-0.3, -0.25) is 4.90 Å². The molecule has 0 aromatic carbocycles. The van der Waals surface area contributed by atoms with Crippen LogP contribution in [0.15, 0.2) is 12.7 Å². The van der Waals surface area contributed by atoms with E-state index in [0.717, 1.165) is 31.8 Å². The molecular formula is C12H21NS. The second-order valence-electron chi connectivity index (χ2n) is 3.07. The monoisotopic (exact) mass is 211 g/mol. The fraction of sp³-hybridized carbons (Fsp3) is 0.667. The van der Waals surface area contributed by atoms with Crippen LogP contribution in [0.3, 0.4) is 0 Å². The summed E-state index contributed by atoms with van der Waals surface area (Å²) in [6.07, 6.45) is 4.22. The second-order valence-corrected chi connectivity index (χ2v) is 4.14. The van der Waals surface area contributed by atoms with Crippen molar-refractivity contribution < 1.29 is 0 Å². The highest BCUT2D eigenvalue weighted by molar-refractivity contribution is 8.03. The summed E-state index contributed by atoms with van der Waals surface area (Å²) in [5, 5.41) is 3.10. The largest absolute Gasteiger partial charge is 0.292 e. The van der Waals surface area contributed by atoms with Crippen LogP contribution < -0.4 is 0 Å². The van der Waals surface area contributed by atoms with Crippen molar-refractivity contribution >= 4 is 11.8 Å². The van der Waals surface area contributed by atoms with Crippen molar-refractivity contribution in [2.45, 2.75) is 26.7 Å². The van der Waals surface area contributed by atoms with Crippen LogP contribution in [-0.2, 0) is 0 Å². The van der Waals surface area contributed by atoms with Gasteiger partial charge in [-0.05, 0) is 24.6 Å². The van der Waals surface area contributed by atoms with E-state index in [2.05, 4.69) is 36.5 Å². The van der Waals surface area contributed by atoms with E-state index in [1.807, 2.05) is 6.08 Å². The summed E-state index contributed by atoms with van der Waals surface area (Å²) in [6, 6.07) is 0. The Morgan fingerprint density at radius 1 is 1.36 bits per heavy atom. The molecule has 0 fully saturated rings. The van der Waals surface area contributed by atoms with Gasteiger partial charge in [0.1, 0.15) is 0 Å². The molecule has 2 heteroatoms. The Morgan fingerprint density at radius 3 is 2.71 bits per heavy atom. The fourth-order valence-corrected chi connectivity index (χ4v) is 1.44. The summed E-state index contributed by atoms with van der Waals surface area (Å²) in [5.41, 5.74) is 0. The number of hydrogen-bond donors (Lipinski definition) is 0. The highest BCUT2D eigenvalue weighted by atomic mass is 32.2. The van der Waals surface area contributed by atoms with Gasteiger partial charge in [0.05, 0.1) is 6.54 Å². The van der Waals surface area contributed by atoms with Crippen LogP contribution in [0.5, 0.6) is 0 Å². The molecule has 0 aliphatic rings. The topological polar surface area (TPSA) is 3.24 Å². The molecule has 0 spiro atoms. The Kier molecular flexibility index (Phi) is 10.4. The molecule has 0 rings (SSSR count). The number of nitrogens with zero attached hydrogens (tertiary/aromatic N) is 1. The zero-order chi connectivity index (χ0) is 10.6. The molecule has 0 atom stereocenters. The van der Waals surface area contributed by atoms with Gasteiger partial charge in [0.15, 0.2) is 0 Å². The first-order valence-electron chi connectivity index (χ1n) is 5.28. The molecule has 0 saturated heterocycles. The Morgan fingerprint density at radius 2 is 2.14 bits per heavy atom. The standard InChI is InChI=1S/C12H21NS/c1-4-7-10-13(9-5-2)11-8-12-14-6-3/h4H,1,5-7,9-11H2,2-3H3. The van der Waals surface area contributed by atoms with Crippen LogP contribution in [-0.4, -0.2) is 30.3 Å². The van der Waals surface area contributed by atoms with Crippen molar-refractivity contribution in [2.75, 3.05) is 25.4 Å². The molecule has 0 saturated carbocycles. The van der Waals surface area contributed by atoms with E-state index in [9.17, 15) is 0 Å². The normalized spacial score (nSPS) is 9.64. The van der Waals surface area contributed by atoms with Gasteiger partial charge in [-0.1, -0.05) is 37.6 Å². The third kappa shape index (κ3) is 8.22. The zero-order valence-corrected chi connectivity index (χ0v) is 10.2. The average Bonchev–Trinajstić information content (AvgIpc) is 2.20. The summed E-state index contributed by atoms with van der Waals surface area (Å²) in [4.78, 5) is 2.38. The van der Waals surface area contributed by atoms with Crippen molar-refractivity contribution in [1.82, 2.24) is 4.90 Å². The maximum absolute atomic E-state index is 3.74. The van der Waals surface area contributed by atoms with E-state index in [-0.39, 0.29) is 0 Å². The molecule has 0 aromatic rings. The van der Waals surface area contributed by atoms with Crippen LogP contribution >= 0.6 is 11.8 Å². The predicted molar refractivity (Wildman–Crippen MR) is 67.5 cm³/mol. The first kappa shape index (κ1) is 13.6. The van der Waals surface area contributed by atoms with E-state index in [1.165, 1.54) is 6.42 Å². The van der Waals surface area contributed by atoms with Gasteiger partial charge < -0.3 is 0 Å². The third-order valence-electron chi connectivity index (χ3n) is 1.78. The van der Waals surface area contributed by atoms with Crippen LogP contribution in [0.25, 0.3) is 0 Å². The van der Waals surface area contributed by atoms with Gasteiger partial charge in [-0.15, -0.1) is 6.58 Å². The van der Waals surface area contributed by atoms with Crippen LogP contribution in [0.2, 0.25) is 0 Å². The number of hydrogen-bond acceptors (Lipinski definition) is 2. The van der Waals surface area contributed by atoms with E-state index < -0.39 is 0 Å². The maximum Gasteiger partial charge on any atom is 0.0610 e. The Bertz CT molecular complexity index is 190. The lowest BCUT2D eigenvalue weighted by Gasteiger charge is -2.17. The molecule has 0 aliphatic carbocycles. The van der Waals surface area contributed by atoms with Gasteiger partial charge in [-0.25, -0.2) is 0 Å². The molecular weight excluding hydrogens is 190 g/mol. The molecule has 0 radical (unpaired) electrons. The first-order chi connectivity index (χ1) is 6.85. The molecule has 1 nitrogen and oxygen atoms in total. The zero-order valence-electron chi connectivity index (χ0n) is 9.38. The van der Waals surface area contributed by atoms with E-state index >= 15 is 0 Å². The highest BCUT2D eigenvalue weighted by Gasteiger charge is 1.98. The smallest absolute Gasteiger partial charge is 0.0610 e. The molecule has 0 aliphatic heterocycles. The predicted octanol–water partition coefficient (Wildman–Crippen LogP) is 2.99. The summed E-state index contributed by atoms with van der Waals surface area (Å²) >= 11 is 1.68. The molecule has 80 valence electrons. The van der Waals surface area contributed by atoms with Crippen molar-refractivity contribution in [3.8, 4) is 11.2 Å². The minimum absolute atomic E-state index is 0.898. The maximum atomic E-state index is 3.74. The third-order valence-corrected chi connectivity index (χ3v) is 2.36. The highest BCUT2D eigenvalue weighted by Crippen LogP contribution is 1.96. The lowest BCUT2D eigenvalue weighted by Crippen LogP contribution is -2.25. The summed E-state index contributed by atoms with van der Waals surface area (Å²) in [6.45, 7) is 11.2. The lowest BCUT2D eigenvalue weighted by molar-refractivity contribution is 0.314. The van der Waals surface area contributed by atoms with Gasteiger partial charge in [0.2, 0.25) is 0 Å². The van der Waals surface area contributed by atoms with Crippen molar-refractivity contribution in [3.63, 3.8) is 0 Å². The van der Waals surface area contributed by atoms with Gasteiger partial charge >= 0.3 is 0 Å². The summed E-state index contributed by atoms with van der Waals surface area (Å²) in [7, 11) is 0. The molecule has 0 aromatic heterocycles. The number of thioether (sulfide) groups is 1. The summed E-state index contributed by atoms with van der Waals surface area (Å²) in [5.74, 6) is 4.26. The average molecular weight is 211 g/mol. The quantitative estimate of drug-likeness (QED) is 0.470. The van der Waals surface area contributed by atoms with Crippen molar-refractivity contribution in [2.24, 2.45) is 0 Å². The summed E-state index contributed by atoms with van der Waals surface area (Å²) < 4.78 is 0. The minimum Gasteiger partial charge on any atom is -0.292 e. The van der Waals surface area contributed by atoms with Crippen LogP contribution in [0.1, 0.15) is 26.7 Å². The van der Waals surface area contributed by atoms with Gasteiger partial charge in [0, 0.05) is 12.3 Å². The molecule has 0 amide bonds. The van der Waals surface area contributed by atoms with Crippen molar-refractivity contribution in [3.05, 3.63) is 12.7 Å². The van der Waals surface area contributed by atoms with Gasteiger partial charge in [-0.2, -0.15) is 0 Å². The Labute approximate surface area is 92.9 Å². The van der Waals surface area contributed by atoms with E-state index in [4.69, 9.17) is 0 Å². The SMILES string of the molecule is C=CCCN(CC#CSCC)CCC. The van der Waals surface area contributed by atoms with Crippen LogP contribution in [0.4, 0.5) is 0 Å². The van der Waals surface area contributed by atoms with E-state index in [0.29, 0.717) is 0 Å². The molecule has 0 heterocycles. The first-order valence-corrected chi connectivity index (χ1v) is 6.26. The van der Waals surface area contributed by atoms with Crippen molar-refractivity contribution in [1.29, 1.82) is 0 Å². The fourth-order valence-electron chi connectivity index (χ4n) is 1.13. The second kappa shape index (κ2) is 10.7. The Balaban J connectivity index is 3.72. The van der Waals surface area contributed by atoms with E-state index in [1.54, 1.807) is 11.8 Å². The molecule has 14 heavy (non-hydrogen) atoms.